The van der Waals surface area contributed by atoms with Crippen LogP contribution in [0.2, 0.25) is 0 Å². The van der Waals surface area contributed by atoms with Gasteiger partial charge in [-0.2, -0.15) is 0 Å². The zero-order chi connectivity index (χ0) is 21.3. The van der Waals surface area contributed by atoms with Gasteiger partial charge in [-0.15, -0.1) is 5.10 Å². The number of hydrogen-bond acceptors (Lipinski definition) is 7. The van der Waals surface area contributed by atoms with Gasteiger partial charge in [-0.05, 0) is 54.6 Å². The van der Waals surface area contributed by atoms with Crippen LogP contribution in [0.1, 0.15) is 28.6 Å². The highest BCUT2D eigenvalue weighted by Gasteiger charge is 2.32. The lowest BCUT2D eigenvalue weighted by molar-refractivity contribution is 0.119. The van der Waals surface area contributed by atoms with Crippen LogP contribution in [0.5, 0.6) is 0 Å². The quantitative estimate of drug-likeness (QED) is 0.650. The number of rotatable bonds is 6. The summed E-state index contributed by atoms with van der Waals surface area (Å²) in [6.07, 6.45) is 0. The number of aryl methyl sites for hydroxylation is 2. The molecule has 9 heteroatoms. The Hall–Kier alpha value is -2.62. The first-order chi connectivity index (χ1) is 14.5. The van der Waals surface area contributed by atoms with Crippen LogP contribution < -0.4 is 5.56 Å². The van der Waals surface area contributed by atoms with Crippen molar-refractivity contribution in [2.45, 2.75) is 26.4 Å². The lowest BCUT2D eigenvalue weighted by Gasteiger charge is -2.37. The van der Waals surface area contributed by atoms with Gasteiger partial charge in [0.05, 0.1) is 13.2 Å². The molecule has 4 rings (SSSR count). The number of fused-ring (bicyclic) bond motifs is 1. The Labute approximate surface area is 175 Å². The van der Waals surface area contributed by atoms with Crippen LogP contribution in [-0.4, -0.2) is 81.9 Å². The summed E-state index contributed by atoms with van der Waals surface area (Å²) in [5.41, 5.74) is 3.70. The molecule has 3 aromatic rings. The van der Waals surface area contributed by atoms with E-state index in [1.54, 1.807) is 11.8 Å². The summed E-state index contributed by atoms with van der Waals surface area (Å²) < 4.78 is 6.97. The van der Waals surface area contributed by atoms with Gasteiger partial charge < -0.3 is 14.6 Å². The van der Waals surface area contributed by atoms with Gasteiger partial charge >= 0.3 is 0 Å². The van der Waals surface area contributed by atoms with Gasteiger partial charge in [0.1, 0.15) is 6.04 Å². The molecule has 0 bridgehead atoms. The molecule has 1 aliphatic rings. The maximum atomic E-state index is 13.2. The fourth-order valence-electron chi connectivity index (χ4n) is 4.22. The van der Waals surface area contributed by atoms with Gasteiger partial charge in [-0.1, -0.05) is 6.07 Å². The Morgan fingerprint density at radius 3 is 2.67 bits per heavy atom. The monoisotopic (exact) mass is 411 g/mol. The molecule has 2 aromatic heterocycles. The molecule has 1 N–H and O–H groups in total. The summed E-state index contributed by atoms with van der Waals surface area (Å²) in [7, 11) is 3.77. The SMILES string of the molecule is COCCn1nnnc1C(c1cc2c(C)cc(C)cc2[nH]c1=O)N1CCN(C)CC1. The Kier molecular flexibility index (Phi) is 5.94. The van der Waals surface area contributed by atoms with E-state index in [1.807, 2.05) is 19.1 Å². The predicted molar refractivity (Wildman–Crippen MR) is 115 cm³/mol. The molecule has 160 valence electrons. The molecule has 0 radical (unpaired) electrons. The molecule has 1 aliphatic heterocycles. The predicted octanol–water partition coefficient (Wildman–Crippen LogP) is 1.11. The van der Waals surface area contributed by atoms with Gasteiger partial charge in [0.2, 0.25) is 0 Å². The minimum absolute atomic E-state index is 0.0993. The average molecular weight is 412 g/mol. The fourth-order valence-corrected chi connectivity index (χ4v) is 4.22. The lowest BCUT2D eigenvalue weighted by atomic mass is 9.99. The molecule has 1 aromatic carbocycles. The smallest absolute Gasteiger partial charge is 0.253 e. The Morgan fingerprint density at radius 2 is 1.93 bits per heavy atom. The zero-order valence-electron chi connectivity index (χ0n) is 18.1. The zero-order valence-corrected chi connectivity index (χ0v) is 18.1. The number of hydrogen-bond donors (Lipinski definition) is 1. The van der Waals surface area contributed by atoms with Crippen LogP contribution in [0.3, 0.4) is 0 Å². The third kappa shape index (κ3) is 4.00. The Morgan fingerprint density at radius 1 is 1.17 bits per heavy atom. The number of tetrazole rings is 1. The third-order valence-electron chi connectivity index (χ3n) is 5.85. The van der Waals surface area contributed by atoms with E-state index in [0.29, 0.717) is 24.5 Å². The second kappa shape index (κ2) is 8.63. The normalized spacial score (nSPS) is 16.9. The molecule has 0 saturated carbocycles. The highest BCUT2D eigenvalue weighted by Crippen LogP contribution is 2.28. The van der Waals surface area contributed by atoms with Crippen LogP contribution in [0.25, 0.3) is 10.9 Å². The number of H-pyrrole nitrogens is 1. The van der Waals surface area contributed by atoms with Gasteiger partial charge in [-0.25, -0.2) is 4.68 Å². The summed E-state index contributed by atoms with van der Waals surface area (Å²) in [5, 5.41) is 13.5. The van der Waals surface area contributed by atoms with Crippen LogP contribution >= 0.6 is 0 Å². The molecule has 0 amide bonds. The number of ether oxygens (including phenoxy) is 1. The van der Waals surface area contributed by atoms with Crippen molar-refractivity contribution in [2.24, 2.45) is 0 Å². The average Bonchev–Trinajstić information content (AvgIpc) is 3.16. The number of aromatic nitrogens is 5. The molecular weight excluding hydrogens is 382 g/mol. The number of aromatic amines is 1. The highest BCUT2D eigenvalue weighted by molar-refractivity contribution is 5.83. The summed E-state index contributed by atoms with van der Waals surface area (Å²) >= 11 is 0. The number of pyridine rings is 1. The van der Waals surface area contributed by atoms with E-state index >= 15 is 0 Å². The van der Waals surface area contributed by atoms with E-state index in [9.17, 15) is 4.79 Å². The van der Waals surface area contributed by atoms with E-state index in [2.05, 4.69) is 50.3 Å². The fraction of sp³-hybridized carbons (Fsp3) is 0.524. The maximum absolute atomic E-state index is 13.2. The van der Waals surface area contributed by atoms with Crippen molar-refractivity contribution in [3.05, 3.63) is 51.1 Å². The highest BCUT2D eigenvalue weighted by atomic mass is 16.5. The molecule has 0 aliphatic carbocycles. The summed E-state index contributed by atoms with van der Waals surface area (Å²) in [6.45, 7) is 8.68. The van der Waals surface area contributed by atoms with E-state index in [-0.39, 0.29) is 11.6 Å². The number of benzene rings is 1. The van der Waals surface area contributed by atoms with Crippen molar-refractivity contribution in [1.29, 1.82) is 0 Å². The standard InChI is InChI=1S/C21H29N7O2/c1-14-11-15(2)16-13-17(21(29)22-18(16)12-14)19(27-7-5-26(3)6-8-27)20-23-24-25-28(20)9-10-30-4/h11-13,19H,5-10H2,1-4H3,(H,22,29). The molecule has 1 fully saturated rings. The number of nitrogens with zero attached hydrogens (tertiary/aromatic N) is 6. The second-order valence-electron chi connectivity index (χ2n) is 8.09. The molecule has 30 heavy (non-hydrogen) atoms. The van der Waals surface area contributed by atoms with Crippen LogP contribution in [-0.2, 0) is 11.3 Å². The topological polar surface area (TPSA) is 92.2 Å². The maximum Gasteiger partial charge on any atom is 0.253 e. The molecule has 1 saturated heterocycles. The van der Waals surface area contributed by atoms with Gasteiger partial charge in [0, 0.05) is 49.8 Å². The van der Waals surface area contributed by atoms with Crippen LogP contribution in [0.4, 0.5) is 0 Å². The first kappa shape index (κ1) is 20.6. The Balaban J connectivity index is 1.85. The molecule has 0 spiro atoms. The molecule has 1 unspecified atom stereocenters. The van der Waals surface area contributed by atoms with Crippen molar-refractivity contribution in [1.82, 2.24) is 35.0 Å². The van der Waals surface area contributed by atoms with Crippen molar-refractivity contribution >= 4 is 10.9 Å². The third-order valence-corrected chi connectivity index (χ3v) is 5.85. The van der Waals surface area contributed by atoms with Gasteiger partial charge in [0.25, 0.3) is 5.56 Å². The van der Waals surface area contributed by atoms with Gasteiger partial charge in [-0.3, -0.25) is 9.69 Å². The van der Waals surface area contributed by atoms with Crippen LogP contribution in [0.15, 0.2) is 23.0 Å². The van der Waals surface area contributed by atoms with E-state index in [0.717, 1.165) is 48.2 Å². The minimum atomic E-state index is -0.320. The summed E-state index contributed by atoms with van der Waals surface area (Å²) in [5.74, 6) is 0.672. The van der Waals surface area contributed by atoms with E-state index in [1.165, 1.54) is 0 Å². The molecule has 3 heterocycles. The Bertz CT molecular complexity index is 1080. The van der Waals surface area contributed by atoms with Crippen molar-refractivity contribution in [2.75, 3.05) is 46.9 Å². The van der Waals surface area contributed by atoms with Gasteiger partial charge in [0.15, 0.2) is 5.82 Å². The summed E-state index contributed by atoms with van der Waals surface area (Å²) in [4.78, 5) is 20.9. The molecule has 1 atom stereocenters. The first-order valence-electron chi connectivity index (χ1n) is 10.3. The first-order valence-corrected chi connectivity index (χ1v) is 10.3. The second-order valence-corrected chi connectivity index (χ2v) is 8.09. The largest absolute Gasteiger partial charge is 0.383 e. The lowest BCUT2D eigenvalue weighted by Crippen LogP contribution is -2.47. The van der Waals surface area contributed by atoms with Crippen molar-refractivity contribution in [3.8, 4) is 0 Å². The number of methoxy groups -OCH3 is 1. The van der Waals surface area contributed by atoms with E-state index in [4.69, 9.17) is 4.74 Å². The number of nitrogens with one attached hydrogen (secondary N) is 1. The van der Waals surface area contributed by atoms with Crippen LogP contribution in [0, 0.1) is 13.8 Å². The van der Waals surface area contributed by atoms with Crippen molar-refractivity contribution < 1.29 is 4.74 Å². The minimum Gasteiger partial charge on any atom is -0.383 e. The molecular formula is C21H29N7O2. The number of likely N-dealkylation sites (N-methyl/N-ethyl adjacent to an activating group) is 1. The van der Waals surface area contributed by atoms with E-state index < -0.39 is 0 Å². The van der Waals surface area contributed by atoms with Crippen molar-refractivity contribution in [3.63, 3.8) is 0 Å². The number of piperazine rings is 1. The molecule has 9 nitrogen and oxygen atoms in total. The summed E-state index contributed by atoms with van der Waals surface area (Å²) in [6, 6.07) is 5.85.